The molecule has 5 heteroatoms. The third-order valence-corrected chi connectivity index (χ3v) is 3.84. The van der Waals surface area contributed by atoms with Crippen LogP contribution < -0.4 is 5.32 Å². The average Bonchev–Trinajstić information content (AvgIpc) is 2.96. The van der Waals surface area contributed by atoms with E-state index in [9.17, 15) is 4.79 Å². The van der Waals surface area contributed by atoms with Crippen molar-refractivity contribution in [1.29, 1.82) is 0 Å². The Morgan fingerprint density at radius 2 is 2.10 bits per heavy atom. The van der Waals surface area contributed by atoms with Crippen molar-refractivity contribution in [2.24, 2.45) is 0 Å². The second-order valence-corrected chi connectivity index (χ2v) is 5.95. The summed E-state index contributed by atoms with van der Waals surface area (Å²) in [6.07, 6.45) is 3.68. The fraction of sp³-hybridized carbons (Fsp3) is 0.625. The van der Waals surface area contributed by atoms with Crippen LogP contribution in [0.2, 0.25) is 0 Å². The van der Waals surface area contributed by atoms with Crippen LogP contribution in [0.25, 0.3) is 0 Å². The van der Waals surface area contributed by atoms with Crippen molar-refractivity contribution in [1.82, 2.24) is 9.88 Å². The maximum Gasteiger partial charge on any atom is 0.335 e. The Labute approximate surface area is 126 Å². The van der Waals surface area contributed by atoms with Gasteiger partial charge in [0.25, 0.3) is 0 Å². The predicted molar refractivity (Wildman–Crippen MR) is 84.1 cm³/mol. The van der Waals surface area contributed by atoms with E-state index >= 15 is 0 Å². The number of hydrogen-bond acceptors (Lipinski definition) is 4. The molecule has 1 aliphatic heterocycles. The van der Waals surface area contributed by atoms with Crippen molar-refractivity contribution < 1.29 is 9.90 Å². The lowest BCUT2D eigenvalue weighted by atomic mass is 10.1. The van der Waals surface area contributed by atoms with Gasteiger partial charge in [0.15, 0.2) is 0 Å². The van der Waals surface area contributed by atoms with Crippen LogP contribution in [0.4, 0.5) is 5.82 Å². The number of carboxylic acids is 1. The molecule has 0 aromatic carbocycles. The first kappa shape index (κ1) is 15.8. The smallest absolute Gasteiger partial charge is 0.335 e. The van der Waals surface area contributed by atoms with E-state index in [1.807, 2.05) is 13.8 Å². The maximum absolute atomic E-state index is 11.2. The monoisotopic (exact) mass is 291 g/mol. The summed E-state index contributed by atoms with van der Waals surface area (Å²) >= 11 is 0. The molecule has 21 heavy (non-hydrogen) atoms. The highest BCUT2D eigenvalue weighted by Crippen LogP contribution is 2.18. The van der Waals surface area contributed by atoms with Crippen LogP contribution in [0.15, 0.2) is 12.1 Å². The Balaban J connectivity index is 1.90. The van der Waals surface area contributed by atoms with E-state index in [0.29, 0.717) is 11.4 Å². The van der Waals surface area contributed by atoms with E-state index in [1.165, 1.54) is 25.9 Å². The van der Waals surface area contributed by atoms with Crippen molar-refractivity contribution in [3.63, 3.8) is 0 Å². The topological polar surface area (TPSA) is 65.5 Å². The highest BCUT2D eigenvalue weighted by Gasteiger charge is 2.12. The molecule has 116 valence electrons. The minimum Gasteiger partial charge on any atom is -0.478 e. The number of aromatic nitrogens is 1. The first-order valence-electron chi connectivity index (χ1n) is 7.78. The van der Waals surface area contributed by atoms with Crippen molar-refractivity contribution in [3.8, 4) is 0 Å². The summed E-state index contributed by atoms with van der Waals surface area (Å²) < 4.78 is 0. The zero-order valence-corrected chi connectivity index (χ0v) is 12.9. The van der Waals surface area contributed by atoms with Crippen LogP contribution in [0.3, 0.4) is 0 Å². The van der Waals surface area contributed by atoms with Crippen LogP contribution in [0.1, 0.15) is 55.1 Å². The van der Waals surface area contributed by atoms with Gasteiger partial charge < -0.3 is 15.3 Å². The van der Waals surface area contributed by atoms with Gasteiger partial charge in [-0.3, -0.25) is 0 Å². The lowest BCUT2D eigenvalue weighted by molar-refractivity contribution is 0.0696. The average molecular weight is 291 g/mol. The summed E-state index contributed by atoms with van der Waals surface area (Å²) in [6, 6.07) is 3.27. The van der Waals surface area contributed by atoms with Crippen LogP contribution in [0.5, 0.6) is 0 Å². The Morgan fingerprint density at radius 1 is 1.38 bits per heavy atom. The molecule has 0 atom stereocenters. The molecular formula is C16H25N3O2. The second-order valence-electron chi connectivity index (χ2n) is 5.95. The number of nitrogens with one attached hydrogen (secondary N) is 1. The quantitative estimate of drug-likeness (QED) is 0.756. The molecule has 0 saturated carbocycles. The number of rotatable bonds is 7. The third-order valence-electron chi connectivity index (χ3n) is 3.84. The summed E-state index contributed by atoms with van der Waals surface area (Å²) in [4.78, 5) is 18.1. The number of pyridine rings is 1. The van der Waals surface area contributed by atoms with Crippen LogP contribution in [-0.4, -0.2) is 47.1 Å². The standard InChI is InChI=1S/C16H25N3O2/c1-12(2)14-10-13(16(20)21)11-15(18-14)17-6-5-9-19-7-3-4-8-19/h10-12H,3-9H2,1-2H3,(H,17,18)(H,20,21). The van der Waals surface area contributed by atoms with Crippen molar-refractivity contribution >= 4 is 11.8 Å². The van der Waals surface area contributed by atoms with Gasteiger partial charge in [-0.15, -0.1) is 0 Å². The largest absolute Gasteiger partial charge is 0.478 e. The molecule has 0 unspecified atom stereocenters. The summed E-state index contributed by atoms with van der Waals surface area (Å²) in [7, 11) is 0. The van der Waals surface area contributed by atoms with Gasteiger partial charge in [0.05, 0.1) is 5.56 Å². The Morgan fingerprint density at radius 3 is 2.71 bits per heavy atom. The first-order valence-corrected chi connectivity index (χ1v) is 7.78. The van der Waals surface area contributed by atoms with Crippen LogP contribution >= 0.6 is 0 Å². The molecule has 1 aromatic heterocycles. The lowest BCUT2D eigenvalue weighted by Crippen LogP contribution is -2.22. The maximum atomic E-state index is 11.2. The molecule has 1 saturated heterocycles. The number of anilines is 1. The van der Waals surface area contributed by atoms with E-state index in [0.717, 1.165) is 25.2 Å². The lowest BCUT2D eigenvalue weighted by Gasteiger charge is -2.15. The zero-order valence-electron chi connectivity index (χ0n) is 12.9. The van der Waals surface area contributed by atoms with Gasteiger partial charge in [-0.05, 0) is 56.9 Å². The molecule has 0 amide bonds. The van der Waals surface area contributed by atoms with Crippen molar-refractivity contribution in [2.45, 2.75) is 39.0 Å². The summed E-state index contributed by atoms with van der Waals surface area (Å²) in [5, 5.41) is 12.4. The van der Waals surface area contributed by atoms with Gasteiger partial charge >= 0.3 is 5.97 Å². The highest BCUT2D eigenvalue weighted by atomic mass is 16.4. The number of carbonyl (C=O) groups is 1. The molecular weight excluding hydrogens is 266 g/mol. The second kappa shape index (κ2) is 7.41. The zero-order chi connectivity index (χ0) is 15.2. The van der Waals surface area contributed by atoms with E-state index < -0.39 is 5.97 Å². The summed E-state index contributed by atoms with van der Waals surface area (Å²) in [5.74, 6) is -0.0195. The van der Waals surface area contributed by atoms with Crippen LogP contribution in [0, 0.1) is 0 Å². The molecule has 0 spiro atoms. The van der Waals surface area contributed by atoms with Gasteiger partial charge in [0.1, 0.15) is 5.82 Å². The normalized spacial score (nSPS) is 15.6. The Kier molecular flexibility index (Phi) is 5.56. The van der Waals surface area contributed by atoms with E-state index in [-0.39, 0.29) is 5.92 Å². The number of likely N-dealkylation sites (tertiary alicyclic amines) is 1. The Hall–Kier alpha value is -1.62. The first-order chi connectivity index (χ1) is 10.1. The number of aromatic carboxylic acids is 1. The molecule has 0 aliphatic carbocycles. The number of carboxylic acid groups (broad SMARTS) is 1. The minimum absolute atomic E-state index is 0.217. The highest BCUT2D eigenvalue weighted by molar-refractivity contribution is 5.88. The molecule has 1 aromatic rings. The fourth-order valence-corrected chi connectivity index (χ4v) is 2.59. The van der Waals surface area contributed by atoms with Gasteiger partial charge in [-0.2, -0.15) is 0 Å². The Bertz CT molecular complexity index is 482. The summed E-state index contributed by atoms with van der Waals surface area (Å²) in [5.41, 5.74) is 1.12. The SMILES string of the molecule is CC(C)c1cc(C(=O)O)cc(NCCCN2CCCC2)n1. The molecule has 1 fully saturated rings. The minimum atomic E-state index is -0.903. The van der Waals surface area contributed by atoms with Crippen LogP contribution in [-0.2, 0) is 0 Å². The van der Waals surface area contributed by atoms with E-state index in [2.05, 4.69) is 15.2 Å². The molecule has 0 radical (unpaired) electrons. The van der Waals surface area contributed by atoms with Gasteiger partial charge in [-0.25, -0.2) is 9.78 Å². The van der Waals surface area contributed by atoms with E-state index in [1.54, 1.807) is 12.1 Å². The fourth-order valence-electron chi connectivity index (χ4n) is 2.59. The molecule has 0 bridgehead atoms. The molecule has 1 aliphatic rings. The molecule has 2 N–H and O–H groups in total. The number of nitrogens with zero attached hydrogens (tertiary/aromatic N) is 2. The summed E-state index contributed by atoms with van der Waals surface area (Å²) in [6.45, 7) is 8.39. The molecule has 5 nitrogen and oxygen atoms in total. The van der Waals surface area contributed by atoms with Gasteiger partial charge in [0.2, 0.25) is 0 Å². The number of hydrogen-bond donors (Lipinski definition) is 2. The van der Waals surface area contributed by atoms with Crippen molar-refractivity contribution in [3.05, 3.63) is 23.4 Å². The van der Waals surface area contributed by atoms with Crippen molar-refractivity contribution in [2.75, 3.05) is 31.5 Å². The molecule has 2 heterocycles. The third kappa shape index (κ3) is 4.70. The van der Waals surface area contributed by atoms with Gasteiger partial charge in [0, 0.05) is 12.2 Å². The predicted octanol–water partition coefficient (Wildman–Crippen LogP) is 2.80. The van der Waals surface area contributed by atoms with Gasteiger partial charge in [-0.1, -0.05) is 13.8 Å². The van der Waals surface area contributed by atoms with E-state index in [4.69, 9.17) is 5.11 Å². The molecule has 2 rings (SSSR count).